The topological polar surface area (TPSA) is 12.5 Å². The van der Waals surface area contributed by atoms with Gasteiger partial charge in [-0.3, -0.25) is 4.90 Å². The smallest absolute Gasteiger partial charge is 0.112 e. The number of rotatable bonds is 2. The molecule has 2 aromatic carbocycles. The molecule has 0 bridgehead atoms. The largest absolute Gasteiger partial charge is 0.353 e. The van der Waals surface area contributed by atoms with E-state index in [1.807, 2.05) is 0 Å². The Kier molecular flexibility index (Phi) is 3.51. The molecule has 2 fully saturated rings. The van der Waals surface area contributed by atoms with Crippen LogP contribution in [0.5, 0.6) is 0 Å². The van der Waals surface area contributed by atoms with Crippen molar-refractivity contribution < 1.29 is 4.74 Å². The van der Waals surface area contributed by atoms with Gasteiger partial charge in [0.15, 0.2) is 0 Å². The van der Waals surface area contributed by atoms with Gasteiger partial charge in [0.1, 0.15) is 12.3 Å². The molecule has 22 heavy (non-hydrogen) atoms. The summed E-state index contributed by atoms with van der Waals surface area (Å²) in [6.45, 7) is 5.42. The molecule has 0 radical (unpaired) electrons. The van der Waals surface area contributed by atoms with Crippen molar-refractivity contribution in [1.29, 1.82) is 0 Å². The van der Waals surface area contributed by atoms with Gasteiger partial charge in [0, 0.05) is 6.54 Å². The summed E-state index contributed by atoms with van der Waals surface area (Å²) in [5.74, 6) is 0. The highest BCUT2D eigenvalue weighted by Crippen LogP contribution is 2.48. The molecule has 2 aliphatic heterocycles. The first-order chi connectivity index (χ1) is 10.7. The first kappa shape index (κ1) is 14.0. The summed E-state index contributed by atoms with van der Waals surface area (Å²) in [7, 11) is 0. The van der Waals surface area contributed by atoms with Crippen LogP contribution in [-0.2, 0) is 4.74 Å². The maximum atomic E-state index is 6.43. The minimum atomic E-state index is 0.147. The van der Waals surface area contributed by atoms with Gasteiger partial charge in [0.05, 0.1) is 6.04 Å². The molecule has 114 valence electrons. The van der Waals surface area contributed by atoms with E-state index in [2.05, 4.69) is 67.3 Å². The van der Waals surface area contributed by atoms with Crippen LogP contribution in [-0.4, -0.2) is 17.7 Å². The van der Waals surface area contributed by atoms with Crippen molar-refractivity contribution in [2.24, 2.45) is 0 Å². The molecule has 0 saturated carbocycles. The second-order valence-electron chi connectivity index (χ2n) is 6.66. The number of hydrogen-bond acceptors (Lipinski definition) is 2. The van der Waals surface area contributed by atoms with E-state index >= 15 is 0 Å². The average molecular weight is 293 g/mol. The normalized spacial score (nSPS) is 28.0. The van der Waals surface area contributed by atoms with Crippen molar-refractivity contribution in [2.75, 3.05) is 6.54 Å². The van der Waals surface area contributed by atoms with Gasteiger partial charge in [-0.25, -0.2) is 0 Å². The Balaban J connectivity index is 1.72. The molecule has 0 spiro atoms. The van der Waals surface area contributed by atoms with Crippen molar-refractivity contribution in [3.63, 3.8) is 0 Å². The number of nitrogens with zero attached hydrogens (tertiary/aromatic N) is 1. The Hall–Kier alpha value is -1.64. The molecule has 2 heterocycles. The van der Waals surface area contributed by atoms with E-state index in [4.69, 9.17) is 4.74 Å². The van der Waals surface area contributed by atoms with E-state index in [0.29, 0.717) is 6.04 Å². The van der Waals surface area contributed by atoms with Crippen LogP contribution in [0.2, 0.25) is 0 Å². The van der Waals surface area contributed by atoms with Crippen LogP contribution >= 0.6 is 0 Å². The fraction of sp³-hybridized carbons (Fsp3) is 0.400. The first-order valence-electron chi connectivity index (χ1n) is 8.27. The first-order valence-corrected chi connectivity index (χ1v) is 8.27. The lowest BCUT2D eigenvalue weighted by molar-refractivity contribution is 0.0173. The lowest BCUT2D eigenvalue weighted by atomic mass is 9.94. The van der Waals surface area contributed by atoms with Gasteiger partial charge in [0.25, 0.3) is 0 Å². The highest BCUT2D eigenvalue weighted by atomic mass is 16.5. The third-order valence-corrected chi connectivity index (χ3v) is 5.01. The summed E-state index contributed by atoms with van der Waals surface area (Å²) in [6, 6.07) is 18.1. The number of benzene rings is 2. The van der Waals surface area contributed by atoms with Crippen LogP contribution in [0.1, 0.15) is 47.2 Å². The van der Waals surface area contributed by atoms with Crippen LogP contribution in [0.25, 0.3) is 0 Å². The van der Waals surface area contributed by atoms with Gasteiger partial charge in [-0.2, -0.15) is 0 Å². The molecule has 2 nitrogen and oxygen atoms in total. The Morgan fingerprint density at radius 2 is 1.45 bits per heavy atom. The predicted octanol–water partition coefficient (Wildman–Crippen LogP) is 4.54. The van der Waals surface area contributed by atoms with Gasteiger partial charge >= 0.3 is 0 Å². The van der Waals surface area contributed by atoms with Gasteiger partial charge in [-0.1, -0.05) is 59.7 Å². The van der Waals surface area contributed by atoms with Crippen LogP contribution in [0.3, 0.4) is 0 Å². The fourth-order valence-electron chi connectivity index (χ4n) is 3.79. The Morgan fingerprint density at radius 1 is 0.864 bits per heavy atom. The highest BCUT2D eigenvalue weighted by molar-refractivity contribution is 5.31. The molecular formula is C20H23NO. The average Bonchev–Trinajstić information content (AvgIpc) is 3.10. The van der Waals surface area contributed by atoms with Crippen molar-refractivity contribution >= 4 is 0 Å². The summed E-state index contributed by atoms with van der Waals surface area (Å²) in [5.41, 5.74) is 5.29. The minimum absolute atomic E-state index is 0.147. The fourth-order valence-corrected chi connectivity index (χ4v) is 3.79. The quantitative estimate of drug-likeness (QED) is 0.806. The Bertz CT molecular complexity index is 646. The molecule has 2 saturated heterocycles. The third-order valence-electron chi connectivity index (χ3n) is 5.01. The zero-order valence-electron chi connectivity index (χ0n) is 13.3. The number of hydrogen-bond donors (Lipinski definition) is 0. The number of fused-ring (bicyclic) bond motifs is 1. The lowest BCUT2D eigenvalue weighted by Gasteiger charge is -2.25. The standard InChI is InChI=1S/C20H23NO/c1-14-5-9-16(10-6-14)19-20(17-11-7-15(2)8-12-17)22-18-4-3-13-21(18)19/h5-12,18-20H,3-4,13H2,1-2H3/t18?,19-,20-/m1/s1. The highest BCUT2D eigenvalue weighted by Gasteiger charge is 2.45. The Morgan fingerprint density at radius 3 is 2.09 bits per heavy atom. The van der Waals surface area contributed by atoms with E-state index in [-0.39, 0.29) is 12.3 Å². The van der Waals surface area contributed by atoms with Gasteiger partial charge in [-0.05, 0) is 37.8 Å². The minimum Gasteiger partial charge on any atom is -0.353 e. The zero-order valence-corrected chi connectivity index (χ0v) is 13.3. The van der Waals surface area contributed by atoms with E-state index in [1.54, 1.807) is 0 Å². The van der Waals surface area contributed by atoms with E-state index < -0.39 is 0 Å². The molecule has 0 aliphatic carbocycles. The van der Waals surface area contributed by atoms with E-state index in [0.717, 1.165) is 13.0 Å². The summed E-state index contributed by atoms with van der Waals surface area (Å²) >= 11 is 0. The SMILES string of the molecule is Cc1ccc([C@H]2OC3CCCN3[C@@H]2c2ccc(C)cc2)cc1. The molecule has 4 rings (SSSR count). The van der Waals surface area contributed by atoms with E-state index in [1.165, 1.54) is 28.7 Å². The summed E-state index contributed by atoms with van der Waals surface area (Å²) < 4.78 is 6.43. The summed E-state index contributed by atoms with van der Waals surface area (Å²) in [5, 5.41) is 0. The van der Waals surface area contributed by atoms with Crippen molar-refractivity contribution in [1.82, 2.24) is 4.90 Å². The third kappa shape index (κ3) is 2.37. The lowest BCUT2D eigenvalue weighted by Crippen LogP contribution is -2.26. The molecule has 2 heteroatoms. The van der Waals surface area contributed by atoms with Gasteiger partial charge in [-0.15, -0.1) is 0 Å². The van der Waals surface area contributed by atoms with Crippen molar-refractivity contribution in [3.8, 4) is 0 Å². The summed E-state index contributed by atoms with van der Waals surface area (Å²) in [4.78, 5) is 2.55. The maximum absolute atomic E-state index is 6.43. The van der Waals surface area contributed by atoms with Crippen molar-refractivity contribution in [3.05, 3.63) is 70.8 Å². The molecule has 1 unspecified atom stereocenters. The van der Waals surface area contributed by atoms with Crippen LogP contribution in [0.4, 0.5) is 0 Å². The van der Waals surface area contributed by atoms with Crippen LogP contribution in [0, 0.1) is 13.8 Å². The van der Waals surface area contributed by atoms with Gasteiger partial charge < -0.3 is 4.74 Å². The monoisotopic (exact) mass is 293 g/mol. The molecule has 0 N–H and O–H groups in total. The number of ether oxygens (including phenoxy) is 1. The van der Waals surface area contributed by atoms with Crippen molar-refractivity contribution in [2.45, 2.75) is 45.1 Å². The molecule has 0 amide bonds. The predicted molar refractivity (Wildman–Crippen MR) is 88.7 cm³/mol. The molecule has 2 aliphatic rings. The Labute approximate surface area is 132 Å². The summed E-state index contributed by atoms with van der Waals surface area (Å²) in [6.07, 6.45) is 2.84. The maximum Gasteiger partial charge on any atom is 0.112 e. The second kappa shape index (κ2) is 5.53. The number of aryl methyl sites for hydroxylation is 2. The molecule has 0 aromatic heterocycles. The van der Waals surface area contributed by atoms with Gasteiger partial charge in [0.2, 0.25) is 0 Å². The second-order valence-corrected chi connectivity index (χ2v) is 6.66. The zero-order chi connectivity index (χ0) is 15.1. The van der Waals surface area contributed by atoms with Crippen LogP contribution in [0.15, 0.2) is 48.5 Å². The molecular weight excluding hydrogens is 270 g/mol. The molecule has 2 aromatic rings. The molecule has 3 atom stereocenters. The van der Waals surface area contributed by atoms with Crippen LogP contribution < -0.4 is 0 Å². The van der Waals surface area contributed by atoms with E-state index in [9.17, 15) is 0 Å².